The summed E-state index contributed by atoms with van der Waals surface area (Å²) in [6.45, 7) is 6.21. The molecule has 1 amide bonds. The van der Waals surface area contributed by atoms with E-state index in [2.05, 4.69) is 17.4 Å². The first-order valence-electron chi connectivity index (χ1n) is 8.43. The molecule has 0 aliphatic heterocycles. The van der Waals surface area contributed by atoms with Crippen molar-refractivity contribution >= 4 is 5.91 Å². The molecule has 0 heterocycles. The third kappa shape index (κ3) is 4.71. The molecule has 1 aliphatic rings. The van der Waals surface area contributed by atoms with Gasteiger partial charge < -0.3 is 15.2 Å². The molecule has 0 saturated heterocycles. The summed E-state index contributed by atoms with van der Waals surface area (Å²) in [6, 6.07) is 6.15. The average Bonchev–Trinajstić information content (AvgIpc) is 2.51. The summed E-state index contributed by atoms with van der Waals surface area (Å²) in [5, 5.41) is 12.9. The van der Waals surface area contributed by atoms with Gasteiger partial charge in [-0.15, -0.1) is 0 Å². The highest BCUT2D eigenvalue weighted by Gasteiger charge is 2.25. The van der Waals surface area contributed by atoms with Gasteiger partial charge in [-0.2, -0.15) is 0 Å². The summed E-state index contributed by atoms with van der Waals surface area (Å²) >= 11 is 0. The first-order valence-corrected chi connectivity index (χ1v) is 8.43. The Morgan fingerprint density at radius 1 is 1.43 bits per heavy atom. The lowest BCUT2D eigenvalue weighted by Crippen LogP contribution is -2.39. The Kier molecular flexibility index (Phi) is 5.69. The van der Waals surface area contributed by atoms with Crippen LogP contribution in [-0.2, 0) is 11.2 Å². The van der Waals surface area contributed by atoms with Gasteiger partial charge in [-0.25, -0.2) is 0 Å². The van der Waals surface area contributed by atoms with E-state index < -0.39 is 6.10 Å². The molecule has 4 heteroatoms. The van der Waals surface area contributed by atoms with Gasteiger partial charge in [0.15, 0.2) is 0 Å². The Balaban J connectivity index is 1.95. The molecule has 2 rings (SSSR count). The number of hydrogen-bond acceptors (Lipinski definition) is 3. The summed E-state index contributed by atoms with van der Waals surface area (Å²) in [4.78, 5) is 12.2. The number of aliphatic hydroxyl groups is 1. The average molecular weight is 319 g/mol. The second-order valence-electron chi connectivity index (χ2n) is 7.54. The van der Waals surface area contributed by atoms with Gasteiger partial charge in [-0.1, -0.05) is 26.8 Å². The fourth-order valence-corrected chi connectivity index (χ4v) is 3.04. The number of nitrogens with one attached hydrogen (secondary N) is 1. The van der Waals surface area contributed by atoms with E-state index in [4.69, 9.17) is 4.74 Å². The quantitative estimate of drug-likeness (QED) is 0.877. The molecule has 1 aliphatic carbocycles. The highest BCUT2D eigenvalue weighted by Crippen LogP contribution is 2.35. The maximum Gasteiger partial charge on any atom is 0.220 e. The molecule has 23 heavy (non-hydrogen) atoms. The summed E-state index contributed by atoms with van der Waals surface area (Å²) in [5.74, 6) is 1.15. The molecule has 0 aromatic heterocycles. The topological polar surface area (TPSA) is 58.6 Å². The van der Waals surface area contributed by atoms with Crippen molar-refractivity contribution in [3.05, 3.63) is 29.3 Å². The minimum Gasteiger partial charge on any atom is -0.497 e. The van der Waals surface area contributed by atoms with Crippen LogP contribution in [0, 0.1) is 5.41 Å². The third-order valence-electron chi connectivity index (χ3n) is 4.71. The number of rotatable bonds is 5. The van der Waals surface area contributed by atoms with Crippen molar-refractivity contribution in [3.8, 4) is 5.75 Å². The predicted octanol–water partition coefficient (Wildman–Crippen LogP) is 3.03. The lowest BCUT2D eigenvalue weighted by Gasteiger charge is -2.27. The van der Waals surface area contributed by atoms with Gasteiger partial charge >= 0.3 is 0 Å². The second-order valence-corrected chi connectivity index (χ2v) is 7.54. The lowest BCUT2D eigenvalue weighted by molar-refractivity contribution is -0.122. The van der Waals surface area contributed by atoms with E-state index in [1.54, 1.807) is 7.11 Å². The molecule has 0 fully saturated rings. The second kappa shape index (κ2) is 7.35. The minimum absolute atomic E-state index is 0.0157. The largest absolute Gasteiger partial charge is 0.497 e. The van der Waals surface area contributed by atoms with Crippen molar-refractivity contribution in [2.45, 2.75) is 58.5 Å². The first-order chi connectivity index (χ1) is 10.8. The number of amides is 1. The van der Waals surface area contributed by atoms with Crippen molar-refractivity contribution in [3.63, 3.8) is 0 Å². The van der Waals surface area contributed by atoms with Gasteiger partial charge in [0.05, 0.1) is 13.2 Å². The maximum absolute atomic E-state index is 12.2. The zero-order chi connectivity index (χ0) is 17.0. The Hall–Kier alpha value is -1.55. The minimum atomic E-state index is -0.533. The van der Waals surface area contributed by atoms with E-state index in [-0.39, 0.29) is 17.2 Å². The molecule has 1 aromatic rings. The Bertz CT molecular complexity index is 548. The van der Waals surface area contributed by atoms with Crippen LogP contribution in [0.5, 0.6) is 5.75 Å². The van der Waals surface area contributed by atoms with Crippen LogP contribution >= 0.6 is 0 Å². The molecule has 2 unspecified atom stereocenters. The molecule has 0 spiro atoms. The van der Waals surface area contributed by atoms with E-state index in [0.29, 0.717) is 13.0 Å². The number of carbonyl (C=O) groups excluding carboxylic acids is 1. The van der Waals surface area contributed by atoms with Crippen LogP contribution in [0.1, 0.15) is 57.1 Å². The number of hydrogen-bond donors (Lipinski definition) is 2. The number of aliphatic hydroxyl groups excluding tert-OH is 1. The SMILES string of the molecule is COc1ccc2c(c1)CCCC2CC(=O)NCC(O)C(C)(C)C. The standard InChI is InChI=1S/C19H29NO3/c1-19(2,3)17(21)12-20-18(22)11-14-7-5-6-13-10-15(23-4)8-9-16(13)14/h8-10,14,17,21H,5-7,11-12H2,1-4H3,(H,20,22). The van der Waals surface area contributed by atoms with E-state index >= 15 is 0 Å². The third-order valence-corrected chi connectivity index (χ3v) is 4.71. The van der Waals surface area contributed by atoms with E-state index in [9.17, 15) is 9.90 Å². The van der Waals surface area contributed by atoms with Crippen LogP contribution in [0.25, 0.3) is 0 Å². The Morgan fingerprint density at radius 3 is 2.83 bits per heavy atom. The van der Waals surface area contributed by atoms with Gasteiger partial charge in [0.2, 0.25) is 5.91 Å². The maximum atomic E-state index is 12.2. The first kappa shape index (κ1) is 17.8. The van der Waals surface area contributed by atoms with Gasteiger partial charge in [-0.3, -0.25) is 4.79 Å². The van der Waals surface area contributed by atoms with Crippen LogP contribution in [0.3, 0.4) is 0 Å². The molecular formula is C19H29NO3. The van der Waals surface area contributed by atoms with Crippen LogP contribution < -0.4 is 10.1 Å². The van der Waals surface area contributed by atoms with Crippen LogP contribution in [-0.4, -0.2) is 30.8 Å². The van der Waals surface area contributed by atoms with Crippen molar-refractivity contribution < 1.29 is 14.6 Å². The zero-order valence-corrected chi connectivity index (χ0v) is 14.7. The lowest BCUT2D eigenvalue weighted by atomic mass is 9.81. The number of benzene rings is 1. The normalized spacial score (nSPS) is 18.9. The number of ether oxygens (including phenoxy) is 1. The van der Waals surface area contributed by atoms with E-state index in [1.165, 1.54) is 11.1 Å². The molecule has 128 valence electrons. The van der Waals surface area contributed by atoms with E-state index in [0.717, 1.165) is 25.0 Å². The smallest absolute Gasteiger partial charge is 0.220 e. The molecule has 2 atom stereocenters. The molecular weight excluding hydrogens is 290 g/mol. The number of carbonyl (C=O) groups is 1. The van der Waals surface area contributed by atoms with Gasteiger partial charge in [0.1, 0.15) is 5.75 Å². The molecule has 2 N–H and O–H groups in total. The summed E-state index contributed by atoms with van der Waals surface area (Å²) in [5.41, 5.74) is 2.34. The Morgan fingerprint density at radius 2 is 2.17 bits per heavy atom. The van der Waals surface area contributed by atoms with Crippen molar-refractivity contribution in [1.29, 1.82) is 0 Å². The zero-order valence-electron chi connectivity index (χ0n) is 14.7. The molecule has 1 aromatic carbocycles. The van der Waals surface area contributed by atoms with Gasteiger partial charge in [0.25, 0.3) is 0 Å². The summed E-state index contributed by atoms with van der Waals surface area (Å²) in [6.07, 6.45) is 3.13. The summed E-state index contributed by atoms with van der Waals surface area (Å²) < 4.78 is 5.29. The van der Waals surface area contributed by atoms with Crippen LogP contribution in [0.2, 0.25) is 0 Å². The predicted molar refractivity (Wildman–Crippen MR) is 91.8 cm³/mol. The summed E-state index contributed by atoms with van der Waals surface area (Å²) in [7, 11) is 1.68. The Labute approximate surface area is 139 Å². The van der Waals surface area contributed by atoms with E-state index in [1.807, 2.05) is 26.8 Å². The van der Waals surface area contributed by atoms with Crippen molar-refractivity contribution in [2.75, 3.05) is 13.7 Å². The van der Waals surface area contributed by atoms with Crippen LogP contribution in [0.4, 0.5) is 0 Å². The van der Waals surface area contributed by atoms with Gasteiger partial charge in [0, 0.05) is 13.0 Å². The highest BCUT2D eigenvalue weighted by molar-refractivity contribution is 5.77. The van der Waals surface area contributed by atoms with Crippen molar-refractivity contribution in [2.24, 2.45) is 5.41 Å². The molecule has 0 radical (unpaired) electrons. The monoisotopic (exact) mass is 319 g/mol. The highest BCUT2D eigenvalue weighted by atomic mass is 16.5. The fourth-order valence-electron chi connectivity index (χ4n) is 3.04. The van der Waals surface area contributed by atoms with Crippen LogP contribution in [0.15, 0.2) is 18.2 Å². The molecule has 0 bridgehead atoms. The van der Waals surface area contributed by atoms with Crippen molar-refractivity contribution in [1.82, 2.24) is 5.32 Å². The molecule has 0 saturated carbocycles. The molecule has 4 nitrogen and oxygen atoms in total. The van der Waals surface area contributed by atoms with Gasteiger partial charge in [-0.05, 0) is 53.9 Å². The number of aryl methyl sites for hydroxylation is 1. The number of fused-ring (bicyclic) bond motifs is 1. The fraction of sp³-hybridized carbons (Fsp3) is 0.632. The number of methoxy groups -OCH3 is 1.